The first-order valence-corrected chi connectivity index (χ1v) is 8.74. The molecule has 0 atom stereocenters. The molecule has 6 heteroatoms. The minimum atomic E-state index is -0.194. The van der Waals surface area contributed by atoms with E-state index in [4.69, 9.17) is 14.2 Å². The third-order valence-electron chi connectivity index (χ3n) is 4.32. The fourth-order valence-electron chi connectivity index (χ4n) is 3.01. The van der Waals surface area contributed by atoms with Gasteiger partial charge in [0.25, 0.3) is 0 Å². The van der Waals surface area contributed by atoms with Gasteiger partial charge in [-0.3, -0.25) is 4.79 Å². The van der Waals surface area contributed by atoms with E-state index in [1.165, 1.54) is 6.21 Å². The van der Waals surface area contributed by atoms with Crippen LogP contribution in [0.25, 0.3) is 10.8 Å². The van der Waals surface area contributed by atoms with Crippen molar-refractivity contribution in [3.8, 4) is 17.2 Å². The lowest BCUT2D eigenvalue weighted by Gasteiger charge is -2.12. The minimum Gasteiger partial charge on any atom is -0.493 e. The van der Waals surface area contributed by atoms with Gasteiger partial charge in [-0.2, -0.15) is 5.10 Å². The second kappa shape index (κ2) is 8.90. The number of amides is 1. The van der Waals surface area contributed by atoms with E-state index in [-0.39, 0.29) is 12.3 Å². The molecule has 28 heavy (non-hydrogen) atoms. The number of fused-ring (bicyclic) bond motifs is 1. The molecule has 0 aromatic heterocycles. The molecule has 3 aromatic rings. The summed E-state index contributed by atoms with van der Waals surface area (Å²) < 4.78 is 15.9. The van der Waals surface area contributed by atoms with Gasteiger partial charge in [-0.25, -0.2) is 5.43 Å². The molecule has 3 aromatic carbocycles. The molecule has 0 unspecified atom stereocenters. The average molecular weight is 378 g/mol. The largest absolute Gasteiger partial charge is 0.493 e. The van der Waals surface area contributed by atoms with Gasteiger partial charge in [0.05, 0.1) is 34.0 Å². The predicted molar refractivity (Wildman–Crippen MR) is 109 cm³/mol. The third-order valence-corrected chi connectivity index (χ3v) is 4.32. The van der Waals surface area contributed by atoms with Gasteiger partial charge in [0, 0.05) is 5.56 Å². The van der Waals surface area contributed by atoms with Gasteiger partial charge in [-0.15, -0.1) is 0 Å². The Morgan fingerprint density at radius 2 is 1.64 bits per heavy atom. The Morgan fingerprint density at radius 3 is 2.32 bits per heavy atom. The second-order valence-electron chi connectivity index (χ2n) is 6.07. The number of benzene rings is 3. The molecule has 144 valence electrons. The number of carbonyl (C=O) groups is 1. The number of carbonyl (C=O) groups excluding carboxylic acids is 1. The summed E-state index contributed by atoms with van der Waals surface area (Å²) in [6.45, 7) is 0. The van der Waals surface area contributed by atoms with E-state index in [1.807, 2.05) is 42.5 Å². The average Bonchev–Trinajstić information content (AvgIpc) is 2.73. The molecule has 0 radical (unpaired) electrons. The SMILES string of the molecule is COc1cc(C=NNC(=O)Cc2cccc3ccccc23)cc(OC)c1OC. The second-order valence-corrected chi connectivity index (χ2v) is 6.07. The van der Waals surface area contributed by atoms with Crippen LogP contribution in [-0.4, -0.2) is 33.5 Å². The summed E-state index contributed by atoms with van der Waals surface area (Å²) in [5.74, 6) is 1.35. The van der Waals surface area contributed by atoms with Crippen molar-refractivity contribution in [1.29, 1.82) is 0 Å². The number of hydrazone groups is 1. The van der Waals surface area contributed by atoms with E-state index in [0.29, 0.717) is 22.8 Å². The monoisotopic (exact) mass is 378 g/mol. The third kappa shape index (κ3) is 4.23. The summed E-state index contributed by atoms with van der Waals surface area (Å²) in [5.41, 5.74) is 4.23. The minimum absolute atomic E-state index is 0.194. The maximum Gasteiger partial charge on any atom is 0.244 e. The normalized spacial score (nSPS) is 10.8. The van der Waals surface area contributed by atoms with Crippen molar-refractivity contribution >= 4 is 22.9 Å². The molecule has 0 saturated carbocycles. The van der Waals surface area contributed by atoms with Crippen LogP contribution in [0.3, 0.4) is 0 Å². The van der Waals surface area contributed by atoms with Crippen molar-refractivity contribution in [1.82, 2.24) is 5.43 Å². The molecule has 0 aliphatic carbocycles. The van der Waals surface area contributed by atoms with E-state index in [0.717, 1.165) is 16.3 Å². The maximum atomic E-state index is 12.3. The summed E-state index contributed by atoms with van der Waals surface area (Å²) >= 11 is 0. The van der Waals surface area contributed by atoms with Crippen molar-refractivity contribution in [2.45, 2.75) is 6.42 Å². The van der Waals surface area contributed by atoms with Crippen molar-refractivity contribution in [2.24, 2.45) is 5.10 Å². The van der Waals surface area contributed by atoms with Gasteiger partial charge >= 0.3 is 0 Å². The van der Waals surface area contributed by atoms with Gasteiger partial charge in [0.15, 0.2) is 11.5 Å². The van der Waals surface area contributed by atoms with Crippen LogP contribution in [0, 0.1) is 0 Å². The fourth-order valence-corrected chi connectivity index (χ4v) is 3.01. The fraction of sp³-hybridized carbons (Fsp3) is 0.182. The van der Waals surface area contributed by atoms with E-state index < -0.39 is 0 Å². The summed E-state index contributed by atoms with van der Waals surface area (Å²) in [5, 5.41) is 6.22. The molecule has 6 nitrogen and oxygen atoms in total. The van der Waals surface area contributed by atoms with Gasteiger partial charge in [0.1, 0.15) is 0 Å². The van der Waals surface area contributed by atoms with Crippen LogP contribution in [-0.2, 0) is 11.2 Å². The maximum absolute atomic E-state index is 12.3. The highest BCUT2D eigenvalue weighted by atomic mass is 16.5. The van der Waals surface area contributed by atoms with Crippen LogP contribution >= 0.6 is 0 Å². The molecule has 0 saturated heterocycles. The first-order valence-electron chi connectivity index (χ1n) is 8.74. The van der Waals surface area contributed by atoms with E-state index in [1.54, 1.807) is 33.5 Å². The molecule has 1 N–H and O–H groups in total. The van der Waals surface area contributed by atoms with Crippen molar-refractivity contribution in [3.05, 3.63) is 65.7 Å². The van der Waals surface area contributed by atoms with Crippen LogP contribution in [0.15, 0.2) is 59.7 Å². The molecule has 0 aliphatic rings. The smallest absolute Gasteiger partial charge is 0.244 e. The number of methoxy groups -OCH3 is 3. The molecular formula is C22H22N2O4. The molecule has 1 amide bonds. The summed E-state index contributed by atoms with van der Waals surface area (Å²) in [7, 11) is 4.63. The number of ether oxygens (including phenoxy) is 3. The Kier molecular flexibility index (Phi) is 6.11. The van der Waals surface area contributed by atoms with Crippen LogP contribution in [0.1, 0.15) is 11.1 Å². The first kappa shape index (κ1) is 19.2. The lowest BCUT2D eigenvalue weighted by atomic mass is 10.0. The summed E-state index contributed by atoms with van der Waals surface area (Å²) in [6.07, 6.45) is 1.78. The van der Waals surface area contributed by atoms with Crippen LogP contribution in [0.2, 0.25) is 0 Å². The highest BCUT2D eigenvalue weighted by Crippen LogP contribution is 2.37. The van der Waals surface area contributed by atoms with Crippen molar-refractivity contribution in [3.63, 3.8) is 0 Å². The molecular weight excluding hydrogens is 356 g/mol. The van der Waals surface area contributed by atoms with Crippen molar-refractivity contribution in [2.75, 3.05) is 21.3 Å². The Balaban J connectivity index is 1.71. The predicted octanol–water partition coefficient (Wildman–Crippen LogP) is 3.56. The van der Waals surface area contributed by atoms with Crippen LogP contribution < -0.4 is 19.6 Å². The number of nitrogens with zero attached hydrogens (tertiary/aromatic N) is 1. The van der Waals surface area contributed by atoms with Crippen molar-refractivity contribution < 1.29 is 19.0 Å². The standard InChI is InChI=1S/C22H22N2O4/c1-26-19-11-15(12-20(27-2)22(19)28-3)14-23-24-21(25)13-17-9-6-8-16-7-4-5-10-18(16)17/h4-12,14H,13H2,1-3H3,(H,24,25). The Bertz CT molecular complexity index is 984. The highest BCUT2D eigenvalue weighted by Gasteiger charge is 2.12. The van der Waals surface area contributed by atoms with Gasteiger partial charge in [-0.05, 0) is 28.5 Å². The Morgan fingerprint density at radius 1 is 0.964 bits per heavy atom. The quantitative estimate of drug-likeness (QED) is 0.504. The van der Waals surface area contributed by atoms with E-state index >= 15 is 0 Å². The number of nitrogens with one attached hydrogen (secondary N) is 1. The molecule has 0 spiro atoms. The molecule has 0 fully saturated rings. The topological polar surface area (TPSA) is 69.2 Å². The van der Waals surface area contributed by atoms with Crippen LogP contribution in [0.5, 0.6) is 17.2 Å². The van der Waals surface area contributed by atoms with Crippen LogP contribution in [0.4, 0.5) is 0 Å². The van der Waals surface area contributed by atoms with Gasteiger partial charge in [-0.1, -0.05) is 42.5 Å². The molecule has 0 aliphatic heterocycles. The molecule has 3 rings (SSSR count). The first-order chi connectivity index (χ1) is 13.7. The highest BCUT2D eigenvalue weighted by molar-refractivity contribution is 5.90. The van der Waals surface area contributed by atoms with E-state index in [2.05, 4.69) is 10.5 Å². The lowest BCUT2D eigenvalue weighted by Crippen LogP contribution is -2.19. The summed E-state index contributed by atoms with van der Waals surface area (Å²) in [4.78, 5) is 12.3. The zero-order valence-electron chi connectivity index (χ0n) is 16.1. The zero-order valence-corrected chi connectivity index (χ0v) is 16.1. The zero-order chi connectivity index (χ0) is 19.9. The van der Waals surface area contributed by atoms with E-state index in [9.17, 15) is 4.79 Å². The Labute approximate surface area is 163 Å². The summed E-state index contributed by atoms with van der Waals surface area (Å²) in [6, 6.07) is 17.4. The van der Waals surface area contributed by atoms with Gasteiger partial charge in [0.2, 0.25) is 11.7 Å². The lowest BCUT2D eigenvalue weighted by molar-refractivity contribution is -0.120. The number of hydrogen-bond donors (Lipinski definition) is 1. The van der Waals surface area contributed by atoms with Gasteiger partial charge < -0.3 is 14.2 Å². The molecule has 0 bridgehead atoms. The number of rotatable bonds is 7. The number of hydrogen-bond acceptors (Lipinski definition) is 5. The Hall–Kier alpha value is -3.54. The molecule has 0 heterocycles.